The first-order chi connectivity index (χ1) is 11.5. The number of rotatable bonds is 5. The summed E-state index contributed by atoms with van der Waals surface area (Å²) in [5, 5.41) is 20.0. The summed E-state index contributed by atoms with van der Waals surface area (Å²) in [6, 6.07) is 12.7. The average molecular weight is 346 g/mol. The molecule has 0 heterocycles. The van der Waals surface area contributed by atoms with Crippen molar-refractivity contribution in [3.8, 4) is 5.75 Å². The zero-order valence-electron chi connectivity index (χ0n) is 12.9. The van der Waals surface area contributed by atoms with E-state index < -0.39 is 5.97 Å². The van der Waals surface area contributed by atoms with Gasteiger partial charge in [0.15, 0.2) is 0 Å². The van der Waals surface area contributed by atoms with Crippen LogP contribution in [0.5, 0.6) is 5.75 Å². The summed E-state index contributed by atoms with van der Waals surface area (Å²) >= 11 is 6.06. The molecule has 2 N–H and O–H groups in total. The molecule has 2 aromatic rings. The molecule has 0 aromatic heterocycles. The van der Waals surface area contributed by atoms with Crippen LogP contribution in [0.1, 0.15) is 12.5 Å². The Balaban J connectivity index is 2.44. The normalized spacial score (nSPS) is 12.1. The third kappa shape index (κ3) is 4.36. The van der Waals surface area contributed by atoms with Crippen molar-refractivity contribution in [3.63, 3.8) is 0 Å². The van der Waals surface area contributed by atoms with Crippen molar-refractivity contribution in [1.29, 1.82) is 0 Å². The molecule has 0 atom stereocenters. The van der Waals surface area contributed by atoms with Gasteiger partial charge in [0.2, 0.25) is 0 Å². The number of esters is 1. The van der Waals surface area contributed by atoms with Crippen LogP contribution < -0.4 is 0 Å². The Hall–Kier alpha value is -2.79. The Labute approximate surface area is 144 Å². The molecule has 0 bridgehead atoms. The fourth-order valence-electron chi connectivity index (χ4n) is 1.90. The molecular weight excluding hydrogens is 330 g/mol. The Morgan fingerprint density at radius 1 is 1.21 bits per heavy atom. The highest BCUT2D eigenvalue weighted by atomic mass is 35.5. The maximum Gasteiger partial charge on any atom is 0.343 e. The first-order valence-corrected chi connectivity index (χ1v) is 7.59. The van der Waals surface area contributed by atoms with Gasteiger partial charge < -0.3 is 14.9 Å². The van der Waals surface area contributed by atoms with Crippen molar-refractivity contribution >= 4 is 35.2 Å². The lowest BCUT2D eigenvalue weighted by molar-refractivity contribution is -0.137. The van der Waals surface area contributed by atoms with Crippen molar-refractivity contribution in [2.75, 3.05) is 6.61 Å². The maximum atomic E-state index is 12.1. The number of hydrogen-bond acceptors (Lipinski definition) is 5. The number of hydrogen-bond donors (Lipinski definition) is 2. The number of aliphatic hydroxyl groups excluding tert-OH is 1. The lowest BCUT2D eigenvalue weighted by Crippen LogP contribution is -2.11. The smallest absolute Gasteiger partial charge is 0.343 e. The van der Waals surface area contributed by atoms with Gasteiger partial charge in [0.25, 0.3) is 0 Å². The molecule has 0 spiro atoms. The summed E-state index contributed by atoms with van der Waals surface area (Å²) in [6.07, 6.45) is 1.21. The van der Waals surface area contributed by atoms with Crippen molar-refractivity contribution in [2.24, 2.45) is 4.99 Å². The van der Waals surface area contributed by atoms with Crippen molar-refractivity contribution in [1.82, 2.24) is 0 Å². The molecule has 124 valence electrons. The molecule has 2 rings (SSSR count). The second-order valence-electron chi connectivity index (χ2n) is 4.74. The van der Waals surface area contributed by atoms with Crippen LogP contribution in [0.4, 0.5) is 5.69 Å². The van der Waals surface area contributed by atoms with Crippen LogP contribution in [-0.4, -0.2) is 29.0 Å². The van der Waals surface area contributed by atoms with Crippen LogP contribution in [-0.2, 0) is 9.53 Å². The van der Waals surface area contributed by atoms with Crippen molar-refractivity contribution in [2.45, 2.75) is 6.92 Å². The van der Waals surface area contributed by atoms with Crippen LogP contribution in [0.2, 0.25) is 5.02 Å². The zero-order valence-corrected chi connectivity index (χ0v) is 13.7. The zero-order chi connectivity index (χ0) is 17.5. The van der Waals surface area contributed by atoms with Gasteiger partial charge in [-0.15, -0.1) is 0 Å². The molecule has 0 aliphatic rings. The van der Waals surface area contributed by atoms with Gasteiger partial charge in [-0.1, -0.05) is 23.7 Å². The van der Waals surface area contributed by atoms with Gasteiger partial charge in [-0.3, -0.25) is 4.99 Å². The third-order valence-corrected chi connectivity index (χ3v) is 3.40. The minimum absolute atomic E-state index is 0.106. The number of aliphatic imine (C=N–C) groups is 1. The van der Waals surface area contributed by atoms with Crippen LogP contribution >= 0.6 is 11.6 Å². The topological polar surface area (TPSA) is 79.1 Å². The first-order valence-electron chi connectivity index (χ1n) is 7.21. The molecular formula is C18H16ClNO4. The van der Waals surface area contributed by atoms with Crippen molar-refractivity contribution < 1.29 is 19.7 Å². The second-order valence-corrected chi connectivity index (χ2v) is 5.14. The monoisotopic (exact) mass is 345 g/mol. The Morgan fingerprint density at radius 2 is 1.88 bits per heavy atom. The van der Waals surface area contributed by atoms with E-state index in [9.17, 15) is 15.0 Å². The lowest BCUT2D eigenvalue weighted by atomic mass is 10.1. The lowest BCUT2D eigenvalue weighted by Gasteiger charge is -2.08. The number of nitrogens with zero attached hydrogens (tertiary/aromatic N) is 1. The van der Waals surface area contributed by atoms with E-state index in [-0.39, 0.29) is 23.7 Å². The van der Waals surface area contributed by atoms with Crippen LogP contribution in [0.3, 0.4) is 0 Å². The molecule has 5 nitrogen and oxygen atoms in total. The highest BCUT2D eigenvalue weighted by Crippen LogP contribution is 2.25. The fraction of sp³-hybridized carbons (Fsp3) is 0.111. The van der Waals surface area contributed by atoms with Crippen molar-refractivity contribution in [3.05, 3.63) is 64.7 Å². The van der Waals surface area contributed by atoms with E-state index in [0.717, 1.165) is 0 Å². The summed E-state index contributed by atoms with van der Waals surface area (Å²) in [5.41, 5.74) is 0.693. The number of carbonyl (C=O) groups excluding carboxylic acids is 1. The van der Waals surface area contributed by atoms with E-state index in [1.54, 1.807) is 43.3 Å². The van der Waals surface area contributed by atoms with Gasteiger partial charge in [-0.2, -0.15) is 0 Å². The van der Waals surface area contributed by atoms with E-state index in [1.165, 1.54) is 18.3 Å². The highest BCUT2D eigenvalue weighted by molar-refractivity contribution is 6.32. The number of aliphatic hydroxyl groups is 1. The maximum absolute atomic E-state index is 12.1. The van der Waals surface area contributed by atoms with E-state index in [4.69, 9.17) is 16.3 Å². The number of benzene rings is 2. The summed E-state index contributed by atoms with van der Waals surface area (Å²) in [4.78, 5) is 16.3. The van der Waals surface area contributed by atoms with Gasteiger partial charge in [-0.25, -0.2) is 4.79 Å². The molecule has 6 heteroatoms. The molecule has 0 unspecified atom stereocenters. The average Bonchev–Trinajstić information content (AvgIpc) is 2.57. The van der Waals surface area contributed by atoms with E-state index in [1.807, 2.05) is 0 Å². The molecule has 0 radical (unpaired) electrons. The second kappa shape index (κ2) is 8.17. The minimum Gasteiger partial charge on any atom is -0.508 e. The largest absolute Gasteiger partial charge is 0.508 e. The summed E-state index contributed by atoms with van der Waals surface area (Å²) in [7, 11) is 0. The van der Waals surface area contributed by atoms with Crippen LogP contribution in [0, 0.1) is 0 Å². The van der Waals surface area contributed by atoms with Gasteiger partial charge in [0.05, 0.1) is 17.3 Å². The Morgan fingerprint density at radius 3 is 2.50 bits per heavy atom. The predicted molar refractivity (Wildman–Crippen MR) is 93.9 cm³/mol. The molecule has 0 saturated carbocycles. The molecule has 0 fully saturated rings. The highest BCUT2D eigenvalue weighted by Gasteiger charge is 2.17. The number of halogens is 1. The van der Waals surface area contributed by atoms with Crippen LogP contribution in [0.15, 0.2) is 59.1 Å². The van der Waals surface area contributed by atoms with E-state index in [2.05, 4.69) is 4.99 Å². The molecule has 24 heavy (non-hydrogen) atoms. The Kier molecular flexibility index (Phi) is 5.98. The predicted octanol–water partition coefficient (Wildman–Crippen LogP) is 4.28. The molecule has 0 saturated heterocycles. The number of carbonyl (C=O) groups is 1. The van der Waals surface area contributed by atoms with Gasteiger partial charge >= 0.3 is 5.97 Å². The van der Waals surface area contributed by atoms with Crippen LogP contribution in [0.25, 0.3) is 5.76 Å². The SMILES string of the molecule is CCOC(=O)C(C=Nc1ccc(O)cc1)=C(O)c1ccccc1Cl. The van der Waals surface area contributed by atoms with Gasteiger partial charge in [0.1, 0.15) is 17.1 Å². The van der Waals surface area contributed by atoms with E-state index >= 15 is 0 Å². The molecule has 0 amide bonds. The van der Waals surface area contributed by atoms with Gasteiger partial charge in [0, 0.05) is 11.8 Å². The minimum atomic E-state index is -0.711. The quantitative estimate of drug-likeness (QED) is 0.367. The molecule has 2 aromatic carbocycles. The summed E-state index contributed by atoms with van der Waals surface area (Å²) in [5.74, 6) is -0.923. The third-order valence-electron chi connectivity index (χ3n) is 3.07. The fourth-order valence-corrected chi connectivity index (χ4v) is 2.12. The van der Waals surface area contributed by atoms with Gasteiger partial charge in [-0.05, 0) is 43.3 Å². The number of aromatic hydroxyl groups is 1. The molecule has 0 aliphatic carbocycles. The standard InChI is InChI=1S/C18H16ClNO4/c1-2-24-18(23)15(11-20-12-7-9-13(21)10-8-12)17(22)14-5-3-4-6-16(14)19/h3-11,21-22H,2H2,1H3. The Bertz CT molecular complexity index is 782. The summed E-state index contributed by atoms with van der Waals surface area (Å²) < 4.78 is 4.96. The number of phenols is 1. The van der Waals surface area contributed by atoms with E-state index in [0.29, 0.717) is 16.3 Å². The first kappa shape index (κ1) is 17.6. The molecule has 0 aliphatic heterocycles. The number of ether oxygens (including phenoxy) is 1. The number of phenolic OH excluding ortho intramolecular Hbond substituents is 1. The summed E-state index contributed by atoms with van der Waals surface area (Å²) in [6.45, 7) is 1.82.